The van der Waals surface area contributed by atoms with Gasteiger partial charge in [0.2, 0.25) is 0 Å². The topological polar surface area (TPSA) is 23.6 Å². The Hall–Kier alpha value is -0.620. The summed E-state index contributed by atoms with van der Waals surface area (Å²) in [6.07, 6.45) is 0. The molecular formula is C15H21IN2O. The number of aryl methyl sites for hydroxylation is 1. The Morgan fingerprint density at radius 1 is 1.21 bits per heavy atom. The van der Waals surface area contributed by atoms with E-state index in [2.05, 4.69) is 54.3 Å². The lowest BCUT2D eigenvalue weighted by atomic mass is 10.1. The Morgan fingerprint density at radius 2 is 1.84 bits per heavy atom. The van der Waals surface area contributed by atoms with E-state index in [1.165, 1.54) is 5.56 Å². The molecule has 0 saturated carbocycles. The molecule has 0 unspecified atom stereocenters. The summed E-state index contributed by atoms with van der Waals surface area (Å²) in [5.41, 5.74) is 2.02. The molecule has 0 aromatic heterocycles. The fourth-order valence-electron chi connectivity index (χ4n) is 2.42. The molecule has 1 heterocycles. The van der Waals surface area contributed by atoms with Gasteiger partial charge in [0, 0.05) is 35.8 Å². The van der Waals surface area contributed by atoms with Crippen LogP contribution in [-0.4, -0.2) is 47.9 Å². The number of hydrogen-bond donors (Lipinski definition) is 0. The van der Waals surface area contributed by atoms with Gasteiger partial charge in [0.15, 0.2) is 0 Å². The largest absolute Gasteiger partial charge is 0.336 e. The summed E-state index contributed by atoms with van der Waals surface area (Å²) in [4.78, 5) is 17.0. The predicted molar refractivity (Wildman–Crippen MR) is 86.5 cm³/mol. The fourth-order valence-corrected chi connectivity index (χ4v) is 3.01. The van der Waals surface area contributed by atoms with E-state index in [-0.39, 0.29) is 5.91 Å². The van der Waals surface area contributed by atoms with Crippen molar-refractivity contribution in [3.63, 3.8) is 0 Å². The molecule has 1 aliphatic rings. The molecule has 104 valence electrons. The molecule has 1 saturated heterocycles. The maximum Gasteiger partial charge on any atom is 0.255 e. The van der Waals surface area contributed by atoms with Crippen LogP contribution in [0.25, 0.3) is 0 Å². The van der Waals surface area contributed by atoms with Gasteiger partial charge in [0.1, 0.15) is 0 Å². The molecule has 0 spiro atoms. The number of benzene rings is 1. The van der Waals surface area contributed by atoms with Crippen molar-refractivity contribution >= 4 is 28.5 Å². The van der Waals surface area contributed by atoms with E-state index in [0.717, 1.165) is 35.3 Å². The summed E-state index contributed by atoms with van der Waals surface area (Å²) in [7, 11) is 0. The van der Waals surface area contributed by atoms with E-state index in [1.807, 2.05) is 17.0 Å². The van der Waals surface area contributed by atoms with Gasteiger partial charge in [0.05, 0.1) is 5.56 Å². The summed E-state index contributed by atoms with van der Waals surface area (Å²) in [6.45, 7) is 10.1. The van der Waals surface area contributed by atoms with Crippen LogP contribution in [-0.2, 0) is 0 Å². The van der Waals surface area contributed by atoms with Crippen LogP contribution >= 0.6 is 22.6 Å². The second kappa shape index (κ2) is 6.22. The normalized spacial score (nSPS) is 17.0. The first-order chi connectivity index (χ1) is 9.00. The molecule has 0 atom stereocenters. The highest BCUT2D eigenvalue weighted by Crippen LogP contribution is 2.19. The van der Waals surface area contributed by atoms with Gasteiger partial charge in [-0.25, -0.2) is 0 Å². The number of piperazine rings is 1. The Labute approximate surface area is 129 Å². The van der Waals surface area contributed by atoms with Gasteiger partial charge in [-0.3, -0.25) is 9.69 Å². The van der Waals surface area contributed by atoms with Crippen LogP contribution in [0.1, 0.15) is 29.8 Å². The highest BCUT2D eigenvalue weighted by molar-refractivity contribution is 14.1. The quantitative estimate of drug-likeness (QED) is 0.746. The molecule has 3 nitrogen and oxygen atoms in total. The molecule has 1 aromatic rings. The van der Waals surface area contributed by atoms with Crippen LogP contribution in [0.3, 0.4) is 0 Å². The third-order valence-electron chi connectivity index (χ3n) is 3.75. The first-order valence-corrected chi connectivity index (χ1v) is 7.87. The van der Waals surface area contributed by atoms with Crippen LogP contribution in [0.2, 0.25) is 0 Å². The number of amides is 1. The lowest BCUT2D eigenvalue weighted by Gasteiger charge is -2.37. The molecule has 4 heteroatoms. The fraction of sp³-hybridized carbons (Fsp3) is 0.533. The summed E-state index contributed by atoms with van der Waals surface area (Å²) >= 11 is 2.27. The van der Waals surface area contributed by atoms with E-state index in [4.69, 9.17) is 0 Å². The summed E-state index contributed by atoms with van der Waals surface area (Å²) < 4.78 is 1.08. The van der Waals surface area contributed by atoms with E-state index >= 15 is 0 Å². The molecule has 2 rings (SSSR count). The number of hydrogen-bond acceptors (Lipinski definition) is 2. The lowest BCUT2D eigenvalue weighted by molar-refractivity contribution is 0.0594. The minimum Gasteiger partial charge on any atom is -0.336 e. The molecule has 0 radical (unpaired) electrons. The van der Waals surface area contributed by atoms with Crippen LogP contribution in [0, 0.1) is 10.5 Å². The van der Waals surface area contributed by atoms with Crippen molar-refractivity contribution in [3.05, 3.63) is 32.9 Å². The summed E-state index contributed by atoms with van der Waals surface area (Å²) in [6, 6.07) is 6.52. The maximum atomic E-state index is 12.6. The summed E-state index contributed by atoms with van der Waals surface area (Å²) in [5.74, 6) is 0.177. The Morgan fingerprint density at radius 3 is 2.42 bits per heavy atom. The minimum absolute atomic E-state index is 0.177. The zero-order chi connectivity index (χ0) is 14.0. The zero-order valence-electron chi connectivity index (χ0n) is 11.8. The lowest BCUT2D eigenvalue weighted by Crippen LogP contribution is -2.50. The average molecular weight is 372 g/mol. The van der Waals surface area contributed by atoms with Gasteiger partial charge in [-0.1, -0.05) is 12.1 Å². The van der Waals surface area contributed by atoms with Gasteiger partial charge in [-0.2, -0.15) is 0 Å². The highest BCUT2D eigenvalue weighted by atomic mass is 127. The third kappa shape index (κ3) is 3.28. The highest BCUT2D eigenvalue weighted by Gasteiger charge is 2.24. The zero-order valence-corrected chi connectivity index (χ0v) is 14.0. The number of rotatable bonds is 2. The van der Waals surface area contributed by atoms with Gasteiger partial charge in [-0.15, -0.1) is 0 Å². The monoisotopic (exact) mass is 372 g/mol. The maximum absolute atomic E-state index is 12.6. The average Bonchev–Trinajstić information content (AvgIpc) is 2.41. The van der Waals surface area contributed by atoms with E-state index in [9.17, 15) is 4.79 Å². The van der Waals surface area contributed by atoms with E-state index in [0.29, 0.717) is 6.04 Å². The van der Waals surface area contributed by atoms with E-state index in [1.54, 1.807) is 0 Å². The van der Waals surface area contributed by atoms with Gasteiger partial charge < -0.3 is 4.90 Å². The van der Waals surface area contributed by atoms with Crippen molar-refractivity contribution < 1.29 is 4.79 Å². The molecule has 0 N–H and O–H groups in total. The third-order valence-corrected chi connectivity index (χ3v) is 5.19. The van der Waals surface area contributed by atoms with Crippen LogP contribution in [0.5, 0.6) is 0 Å². The Kier molecular flexibility index (Phi) is 4.84. The van der Waals surface area contributed by atoms with Crippen LogP contribution in [0.4, 0.5) is 0 Å². The van der Waals surface area contributed by atoms with Crippen LogP contribution < -0.4 is 0 Å². The van der Waals surface area contributed by atoms with Gasteiger partial charge in [-0.05, 0) is 55.0 Å². The second-order valence-corrected chi connectivity index (χ2v) is 6.44. The molecule has 1 aliphatic heterocycles. The van der Waals surface area contributed by atoms with Crippen molar-refractivity contribution in [1.82, 2.24) is 9.80 Å². The molecule has 1 fully saturated rings. The van der Waals surface area contributed by atoms with Crippen molar-refractivity contribution in [1.29, 1.82) is 0 Å². The molecular weight excluding hydrogens is 351 g/mol. The molecule has 0 bridgehead atoms. The van der Waals surface area contributed by atoms with Crippen molar-refractivity contribution in [2.75, 3.05) is 26.2 Å². The number of carbonyl (C=O) groups is 1. The first-order valence-electron chi connectivity index (χ1n) is 6.79. The minimum atomic E-state index is 0.177. The molecule has 0 aliphatic carbocycles. The first kappa shape index (κ1) is 14.8. The van der Waals surface area contributed by atoms with E-state index < -0.39 is 0 Å². The molecule has 1 amide bonds. The number of carbonyl (C=O) groups excluding carboxylic acids is 1. The molecule has 1 aromatic carbocycles. The number of nitrogens with zero attached hydrogens (tertiary/aromatic N) is 2. The standard InChI is InChI=1S/C15H21IN2O/c1-11(2)17-7-9-18(10-8-17)15(19)13-6-4-5-12(3)14(13)16/h4-6,11H,7-10H2,1-3H3. The molecule has 19 heavy (non-hydrogen) atoms. The van der Waals surface area contributed by atoms with Crippen molar-refractivity contribution in [2.45, 2.75) is 26.8 Å². The second-order valence-electron chi connectivity index (χ2n) is 5.36. The van der Waals surface area contributed by atoms with Crippen molar-refractivity contribution in [3.8, 4) is 0 Å². The van der Waals surface area contributed by atoms with Gasteiger partial charge >= 0.3 is 0 Å². The predicted octanol–water partition coefficient (Wildman–Crippen LogP) is 2.77. The smallest absolute Gasteiger partial charge is 0.255 e. The summed E-state index contributed by atoms with van der Waals surface area (Å²) in [5, 5.41) is 0. The van der Waals surface area contributed by atoms with Crippen LogP contribution in [0.15, 0.2) is 18.2 Å². The Balaban J connectivity index is 2.07. The van der Waals surface area contributed by atoms with Crippen molar-refractivity contribution in [2.24, 2.45) is 0 Å². The van der Waals surface area contributed by atoms with Gasteiger partial charge in [0.25, 0.3) is 5.91 Å². The number of halogens is 1. The SMILES string of the molecule is Cc1cccc(C(=O)N2CCN(C(C)C)CC2)c1I. The Bertz CT molecular complexity index is 465.